The highest BCUT2D eigenvalue weighted by atomic mass is 32.1. The number of nitrogens with zero attached hydrogens (tertiary/aromatic N) is 2. The number of hydrogen-bond donors (Lipinski definition) is 1. The van der Waals surface area contributed by atoms with E-state index in [9.17, 15) is 0 Å². The van der Waals surface area contributed by atoms with Gasteiger partial charge in [-0.15, -0.1) is 11.3 Å². The Bertz CT molecular complexity index is 575. The first-order valence-corrected chi connectivity index (χ1v) is 7.47. The van der Waals surface area contributed by atoms with E-state index in [4.69, 9.17) is 0 Å². The molecule has 1 atom stereocenters. The van der Waals surface area contributed by atoms with E-state index in [1.165, 1.54) is 16.0 Å². The molecule has 2 aromatic heterocycles. The van der Waals surface area contributed by atoms with E-state index < -0.39 is 0 Å². The first kappa shape index (κ1) is 12.4. The molecule has 2 aromatic rings. The highest BCUT2D eigenvalue weighted by Crippen LogP contribution is 2.25. The Morgan fingerprint density at radius 1 is 1.42 bits per heavy atom. The van der Waals surface area contributed by atoms with Crippen molar-refractivity contribution in [2.75, 3.05) is 13.1 Å². The Balaban J connectivity index is 1.76. The molecule has 0 amide bonds. The standard InChI is InChI=1S/C15H17N3S/c1-11(15-17-4-5-18-15)7-12-8-13(10-16-9-12)14-3-2-6-19-14/h2-3,6,8-11H,4-5,7H2,1H3,(H,17,18)/t11-/m0/s1. The second-order valence-corrected chi connectivity index (χ2v) is 5.81. The maximum absolute atomic E-state index is 4.49. The molecule has 3 nitrogen and oxygen atoms in total. The van der Waals surface area contributed by atoms with Crippen LogP contribution in [0.1, 0.15) is 12.5 Å². The summed E-state index contributed by atoms with van der Waals surface area (Å²) in [6.07, 6.45) is 4.88. The zero-order valence-corrected chi connectivity index (χ0v) is 11.8. The van der Waals surface area contributed by atoms with Gasteiger partial charge in [-0.1, -0.05) is 13.0 Å². The predicted octanol–water partition coefficient (Wildman–Crippen LogP) is 2.99. The van der Waals surface area contributed by atoms with Crippen molar-refractivity contribution in [1.29, 1.82) is 0 Å². The quantitative estimate of drug-likeness (QED) is 0.928. The van der Waals surface area contributed by atoms with E-state index >= 15 is 0 Å². The van der Waals surface area contributed by atoms with E-state index in [2.05, 4.69) is 45.8 Å². The highest BCUT2D eigenvalue weighted by Gasteiger charge is 2.14. The Morgan fingerprint density at radius 3 is 3.11 bits per heavy atom. The summed E-state index contributed by atoms with van der Waals surface area (Å²) in [7, 11) is 0. The third-order valence-electron chi connectivity index (χ3n) is 3.31. The molecule has 0 saturated carbocycles. The van der Waals surface area contributed by atoms with Gasteiger partial charge in [0.25, 0.3) is 0 Å². The SMILES string of the molecule is C[C@@H](Cc1cncc(-c2cccs2)c1)C1=NCCN1. The molecule has 0 fully saturated rings. The zero-order chi connectivity index (χ0) is 13.1. The molecule has 1 aliphatic heterocycles. The van der Waals surface area contributed by atoms with Crippen LogP contribution in [0.3, 0.4) is 0 Å². The number of aromatic nitrogens is 1. The maximum Gasteiger partial charge on any atom is 0.0996 e. The van der Waals surface area contributed by atoms with Gasteiger partial charge in [0.05, 0.1) is 12.4 Å². The van der Waals surface area contributed by atoms with Gasteiger partial charge in [0, 0.05) is 35.3 Å². The molecule has 4 heteroatoms. The predicted molar refractivity (Wildman–Crippen MR) is 80.7 cm³/mol. The summed E-state index contributed by atoms with van der Waals surface area (Å²) < 4.78 is 0. The van der Waals surface area contributed by atoms with Crippen molar-refractivity contribution in [1.82, 2.24) is 10.3 Å². The first-order valence-electron chi connectivity index (χ1n) is 6.59. The largest absolute Gasteiger partial charge is 0.372 e. The van der Waals surface area contributed by atoms with Crippen LogP contribution in [0, 0.1) is 5.92 Å². The number of pyridine rings is 1. The van der Waals surface area contributed by atoms with Crippen molar-refractivity contribution in [3.8, 4) is 10.4 Å². The van der Waals surface area contributed by atoms with Crippen LogP contribution in [0.25, 0.3) is 10.4 Å². The zero-order valence-electron chi connectivity index (χ0n) is 11.0. The molecule has 0 bridgehead atoms. The summed E-state index contributed by atoms with van der Waals surface area (Å²) in [6.45, 7) is 4.11. The lowest BCUT2D eigenvalue weighted by Gasteiger charge is -2.12. The summed E-state index contributed by atoms with van der Waals surface area (Å²) in [4.78, 5) is 10.1. The molecule has 0 aliphatic carbocycles. The van der Waals surface area contributed by atoms with Crippen molar-refractivity contribution in [2.24, 2.45) is 10.9 Å². The molecule has 0 aromatic carbocycles. The number of rotatable bonds is 4. The van der Waals surface area contributed by atoms with Crippen LogP contribution in [0.4, 0.5) is 0 Å². The summed E-state index contributed by atoms with van der Waals surface area (Å²) in [6, 6.07) is 6.45. The number of hydrogen-bond acceptors (Lipinski definition) is 4. The average Bonchev–Trinajstić information content (AvgIpc) is 3.13. The van der Waals surface area contributed by atoms with E-state index in [0.717, 1.165) is 25.3 Å². The molecule has 0 saturated heterocycles. The van der Waals surface area contributed by atoms with Gasteiger partial charge in [0.2, 0.25) is 0 Å². The van der Waals surface area contributed by atoms with Crippen molar-refractivity contribution in [3.05, 3.63) is 41.5 Å². The van der Waals surface area contributed by atoms with Crippen LogP contribution in [0.2, 0.25) is 0 Å². The summed E-state index contributed by atoms with van der Waals surface area (Å²) in [5.41, 5.74) is 2.48. The minimum Gasteiger partial charge on any atom is -0.372 e. The molecule has 0 radical (unpaired) electrons. The van der Waals surface area contributed by atoms with E-state index in [1.807, 2.05) is 12.4 Å². The molecule has 98 valence electrons. The summed E-state index contributed by atoms with van der Waals surface area (Å²) in [5, 5.41) is 5.45. The van der Waals surface area contributed by atoms with Crippen LogP contribution in [0.5, 0.6) is 0 Å². The van der Waals surface area contributed by atoms with Crippen LogP contribution in [-0.4, -0.2) is 23.9 Å². The van der Waals surface area contributed by atoms with Gasteiger partial charge in [-0.05, 0) is 29.5 Å². The first-order chi connectivity index (χ1) is 9.33. The fourth-order valence-corrected chi connectivity index (χ4v) is 3.08. The van der Waals surface area contributed by atoms with E-state index in [0.29, 0.717) is 5.92 Å². The highest BCUT2D eigenvalue weighted by molar-refractivity contribution is 7.13. The third kappa shape index (κ3) is 2.84. The smallest absolute Gasteiger partial charge is 0.0996 e. The molecular weight excluding hydrogens is 254 g/mol. The Hall–Kier alpha value is -1.68. The monoisotopic (exact) mass is 271 g/mol. The van der Waals surface area contributed by atoms with Crippen LogP contribution in [0.15, 0.2) is 41.0 Å². The molecule has 0 unspecified atom stereocenters. The molecular formula is C15H17N3S. The molecule has 3 rings (SSSR count). The number of nitrogens with one attached hydrogen (secondary N) is 1. The number of aliphatic imine (C=N–C) groups is 1. The van der Waals surface area contributed by atoms with Gasteiger partial charge < -0.3 is 5.32 Å². The number of amidine groups is 1. The van der Waals surface area contributed by atoms with Gasteiger partial charge in [0.1, 0.15) is 0 Å². The van der Waals surface area contributed by atoms with E-state index in [-0.39, 0.29) is 0 Å². The van der Waals surface area contributed by atoms with Crippen molar-refractivity contribution in [3.63, 3.8) is 0 Å². The maximum atomic E-state index is 4.49. The minimum atomic E-state index is 0.433. The van der Waals surface area contributed by atoms with Crippen LogP contribution >= 0.6 is 11.3 Å². The van der Waals surface area contributed by atoms with Gasteiger partial charge in [-0.3, -0.25) is 9.98 Å². The Morgan fingerprint density at radius 2 is 2.37 bits per heavy atom. The molecule has 19 heavy (non-hydrogen) atoms. The lowest BCUT2D eigenvalue weighted by Crippen LogP contribution is -2.26. The molecule has 1 N–H and O–H groups in total. The summed E-state index contributed by atoms with van der Waals surface area (Å²) in [5.74, 6) is 1.57. The molecule has 3 heterocycles. The second kappa shape index (κ2) is 5.53. The topological polar surface area (TPSA) is 37.3 Å². The Kier molecular flexibility index (Phi) is 3.60. The van der Waals surface area contributed by atoms with Crippen molar-refractivity contribution >= 4 is 17.2 Å². The van der Waals surface area contributed by atoms with Gasteiger partial charge in [-0.25, -0.2) is 0 Å². The number of thiophene rings is 1. The molecule has 0 spiro atoms. The lowest BCUT2D eigenvalue weighted by molar-refractivity contribution is 0.740. The Labute approximate surface area is 117 Å². The van der Waals surface area contributed by atoms with Crippen LogP contribution in [-0.2, 0) is 6.42 Å². The fourth-order valence-electron chi connectivity index (χ4n) is 2.37. The van der Waals surface area contributed by atoms with Crippen molar-refractivity contribution in [2.45, 2.75) is 13.3 Å². The average molecular weight is 271 g/mol. The van der Waals surface area contributed by atoms with Gasteiger partial charge >= 0.3 is 0 Å². The van der Waals surface area contributed by atoms with Crippen LogP contribution < -0.4 is 5.32 Å². The second-order valence-electron chi connectivity index (χ2n) is 4.86. The molecule has 1 aliphatic rings. The lowest BCUT2D eigenvalue weighted by atomic mass is 10.00. The normalized spacial score (nSPS) is 15.9. The van der Waals surface area contributed by atoms with Gasteiger partial charge in [-0.2, -0.15) is 0 Å². The minimum absolute atomic E-state index is 0.433. The summed E-state index contributed by atoms with van der Waals surface area (Å²) >= 11 is 1.75. The van der Waals surface area contributed by atoms with Gasteiger partial charge in [0.15, 0.2) is 0 Å². The van der Waals surface area contributed by atoms with Crippen molar-refractivity contribution < 1.29 is 0 Å². The fraction of sp³-hybridized carbons (Fsp3) is 0.333. The third-order valence-corrected chi connectivity index (χ3v) is 4.23. The van der Waals surface area contributed by atoms with E-state index in [1.54, 1.807) is 11.3 Å².